The van der Waals surface area contributed by atoms with E-state index in [9.17, 15) is 9.59 Å². The average molecular weight is 199 g/mol. The Morgan fingerprint density at radius 3 is 2.21 bits per heavy atom. The molecule has 0 rings (SSSR count). The van der Waals surface area contributed by atoms with Crippen molar-refractivity contribution in [3.63, 3.8) is 0 Å². The van der Waals surface area contributed by atoms with E-state index in [1.807, 2.05) is 0 Å². The Kier molecular flexibility index (Phi) is 4.91. The summed E-state index contributed by atoms with van der Waals surface area (Å²) in [6.07, 6.45) is 2.11. The number of aliphatic carboxylic acids is 1. The largest absolute Gasteiger partial charge is 0.480 e. The Morgan fingerprint density at radius 2 is 1.93 bits per heavy atom. The molecule has 4 heteroatoms. The van der Waals surface area contributed by atoms with Crippen molar-refractivity contribution in [1.29, 1.82) is 0 Å². The number of amides is 1. The van der Waals surface area contributed by atoms with Gasteiger partial charge in [0.2, 0.25) is 5.91 Å². The average Bonchev–Trinajstić information content (AvgIpc) is 2.17. The second-order valence-electron chi connectivity index (χ2n) is 3.09. The van der Waals surface area contributed by atoms with Crippen molar-refractivity contribution in [2.45, 2.75) is 26.7 Å². The first-order valence-electron chi connectivity index (χ1n) is 4.67. The number of carboxylic acids is 1. The number of hydrogen-bond acceptors (Lipinski definition) is 2. The SMILES string of the molecule is C=CCNC(=O)C(CC)(CC)C(=O)O. The number of carboxylic acid groups (broad SMARTS) is 1. The van der Waals surface area contributed by atoms with E-state index in [1.54, 1.807) is 13.8 Å². The second kappa shape index (κ2) is 5.42. The minimum Gasteiger partial charge on any atom is -0.480 e. The van der Waals surface area contributed by atoms with Gasteiger partial charge in [0.25, 0.3) is 0 Å². The normalized spacial score (nSPS) is 10.7. The molecule has 80 valence electrons. The summed E-state index contributed by atoms with van der Waals surface area (Å²) in [6.45, 7) is 7.15. The Labute approximate surface area is 84.0 Å². The molecular weight excluding hydrogens is 182 g/mol. The molecule has 0 unspecified atom stereocenters. The Balaban J connectivity index is 4.71. The van der Waals surface area contributed by atoms with Gasteiger partial charge in [0.05, 0.1) is 0 Å². The summed E-state index contributed by atoms with van der Waals surface area (Å²) in [4.78, 5) is 22.6. The van der Waals surface area contributed by atoms with Crippen molar-refractivity contribution in [2.24, 2.45) is 5.41 Å². The monoisotopic (exact) mass is 199 g/mol. The lowest BCUT2D eigenvalue weighted by atomic mass is 9.81. The molecule has 0 aliphatic heterocycles. The minimum atomic E-state index is -1.29. The predicted molar refractivity (Wildman–Crippen MR) is 53.9 cm³/mol. The Morgan fingerprint density at radius 1 is 1.43 bits per heavy atom. The van der Waals surface area contributed by atoms with Gasteiger partial charge in [-0.25, -0.2) is 0 Å². The van der Waals surface area contributed by atoms with Crippen LogP contribution in [-0.4, -0.2) is 23.5 Å². The molecule has 1 amide bonds. The number of rotatable bonds is 6. The van der Waals surface area contributed by atoms with Gasteiger partial charge in [-0.3, -0.25) is 9.59 Å². The summed E-state index contributed by atoms with van der Waals surface area (Å²) in [5.74, 6) is -1.50. The molecule has 2 N–H and O–H groups in total. The zero-order valence-corrected chi connectivity index (χ0v) is 8.67. The van der Waals surface area contributed by atoms with Gasteiger partial charge in [0.15, 0.2) is 0 Å². The van der Waals surface area contributed by atoms with E-state index in [-0.39, 0.29) is 0 Å². The molecule has 4 nitrogen and oxygen atoms in total. The standard InChI is InChI=1S/C10H17NO3/c1-4-7-11-8(12)10(5-2,6-3)9(13)14/h4H,1,5-7H2,2-3H3,(H,11,12)(H,13,14). The third-order valence-electron chi connectivity index (χ3n) is 2.46. The van der Waals surface area contributed by atoms with E-state index >= 15 is 0 Å². The van der Waals surface area contributed by atoms with Gasteiger partial charge < -0.3 is 10.4 Å². The van der Waals surface area contributed by atoms with Crippen LogP contribution in [0, 0.1) is 5.41 Å². The van der Waals surface area contributed by atoms with Crippen LogP contribution < -0.4 is 5.32 Å². The quantitative estimate of drug-likeness (QED) is 0.498. The topological polar surface area (TPSA) is 66.4 Å². The lowest BCUT2D eigenvalue weighted by Crippen LogP contribution is -2.45. The van der Waals surface area contributed by atoms with Gasteiger partial charge in [-0.05, 0) is 12.8 Å². The molecule has 0 aromatic rings. The van der Waals surface area contributed by atoms with Crippen molar-refractivity contribution in [3.05, 3.63) is 12.7 Å². The van der Waals surface area contributed by atoms with E-state index < -0.39 is 17.3 Å². The summed E-state index contributed by atoms with van der Waals surface area (Å²) in [5, 5.41) is 11.5. The third-order valence-corrected chi connectivity index (χ3v) is 2.46. The Hall–Kier alpha value is -1.32. The van der Waals surface area contributed by atoms with Crippen molar-refractivity contribution < 1.29 is 14.7 Å². The molecule has 0 radical (unpaired) electrons. The van der Waals surface area contributed by atoms with Crippen molar-refractivity contribution in [2.75, 3.05) is 6.54 Å². The summed E-state index contributed by atoms with van der Waals surface area (Å²) in [6, 6.07) is 0. The van der Waals surface area contributed by atoms with Crippen molar-refractivity contribution in [3.8, 4) is 0 Å². The van der Waals surface area contributed by atoms with E-state index in [4.69, 9.17) is 5.11 Å². The first kappa shape index (κ1) is 12.7. The first-order chi connectivity index (χ1) is 6.55. The number of nitrogens with one attached hydrogen (secondary N) is 1. The highest BCUT2D eigenvalue weighted by Gasteiger charge is 2.42. The molecule has 14 heavy (non-hydrogen) atoms. The van der Waals surface area contributed by atoms with E-state index in [0.29, 0.717) is 19.4 Å². The van der Waals surface area contributed by atoms with Crippen LogP contribution in [-0.2, 0) is 9.59 Å². The second-order valence-corrected chi connectivity index (χ2v) is 3.09. The van der Waals surface area contributed by atoms with Crippen molar-refractivity contribution >= 4 is 11.9 Å². The van der Waals surface area contributed by atoms with E-state index in [2.05, 4.69) is 11.9 Å². The molecule has 0 spiro atoms. The summed E-state index contributed by atoms with van der Waals surface area (Å²) in [5.41, 5.74) is -1.29. The van der Waals surface area contributed by atoms with Gasteiger partial charge >= 0.3 is 5.97 Å². The first-order valence-corrected chi connectivity index (χ1v) is 4.67. The van der Waals surface area contributed by atoms with Crippen LogP contribution in [0.1, 0.15) is 26.7 Å². The summed E-state index contributed by atoms with van der Waals surface area (Å²) >= 11 is 0. The van der Waals surface area contributed by atoms with Gasteiger partial charge in [-0.1, -0.05) is 19.9 Å². The molecule has 0 aliphatic carbocycles. The molecule has 0 saturated carbocycles. The minimum absolute atomic E-state index is 0.293. The molecule has 0 bridgehead atoms. The molecule has 0 aliphatic rings. The fraction of sp³-hybridized carbons (Fsp3) is 0.600. The molecule has 0 aromatic carbocycles. The van der Waals surface area contributed by atoms with Crippen LogP contribution in [0.25, 0.3) is 0 Å². The summed E-state index contributed by atoms with van der Waals surface area (Å²) in [7, 11) is 0. The third kappa shape index (κ3) is 2.34. The molecule has 0 saturated heterocycles. The number of carbonyl (C=O) groups excluding carboxylic acids is 1. The van der Waals surface area contributed by atoms with Crippen LogP contribution >= 0.6 is 0 Å². The van der Waals surface area contributed by atoms with E-state index in [0.717, 1.165) is 0 Å². The van der Waals surface area contributed by atoms with Gasteiger partial charge in [0, 0.05) is 6.54 Å². The molecule has 0 heterocycles. The molecule has 0 fully saturated rings. The van der Waals surface area contributed by atoms with Gasteiger partial charge in [0.1, 0.15) is 5.41 Å². The number of carbonyl (C=O) groups is 2. The van der Waals surface area contributed by atoms with E-state index in [1.165, 1.54) is 6.08 Å². The van der Waals surface area contributed by atoms with Crippen molar-refractivity contribution in [1.82, 2.24) is 5.32 Å². The lowest BCUT2D eigenvalue weighted by Gasteiger charge is -2.24. The highest BCUT2D eigenvalue weighted by Crippen LogP contribution is 2.26. The smallest absolute Gasteiger partial charge is 0.319 e. The van der Waals surface area contributed by atoms with Crippen LogP contribution in [0.15, 0.2) is 12.7 Å². The van der Waals surface area contributed by atoms with Gasteiger partial charge in [-0.15, -0.1) is 6.58 Å². The van der Waals surface area contributed by atoms with Gasteiger partial charge in [-0.2, -0.15) is 0 Å². The van der Waals surface area contributed by atoms with Crippen LogP contribution in [0.5, 0.6) is 0 Å². The predicted octanol–water partition coefficient (Wildman–Crippen LogP) is 1.18. The lowest BCUT2D eigenvalue weighted by molar-refractivity contribution is -0.156. The number of hydrogen-bond donors (Lipinski definition) is 2. The maximum atomic E-state index is 11.6. The highest BCUT2D eigenvalue weighted by atomic mass is 16.4. The van der Waals surface area contributed by atoms with Crippen LogP contribution in [0.3, 0.4) is 0 Å². The Bertz CT molecular complexity index is 232. The summed E-state index contributed by atoms with van der Waals surface area (Å²) < 4.78 is 0. The van der Waals surface area contributed by atoms with Crippen LogP contribution in [0.2, 0.25) is 0 Å². The van der Waals surface area contributed by atoms with Crippen LogP contribution in [0.4, 0.5) is 0 Å². The zero-order valence-electron chi connectivity index (χ0n) is 8.67. The zero-order chi connectivity index (χ0) is 11.2. The molecule has 0 aromatic heterocycles. The fourth-order valence-electron chi connectivity index (χ4n) is 1.30. The maximum Gasteiger partial charge on any atom is 0.319 e. The highest BCUT2D eigenvalue weighted by molar-refractivity contribution is 6.01. The fourth-order valence-corrected chi connectivity index (χ4v) is 1.30. The molecular formula is C10H17NO3. The molecule has 0 atom stereocenters. The maximum absolute atomic E-state index is 11.6.